The Bertz CT molecular complexity index is 348. The van der Waals surface area contributed by atoms with Crippen molar-refractivity contribution in [2.24, 2.45) is 0 Å². The molecule has 1 saturated heterocycles. The SMILES string of the molecule is CC1(C)OC[C@@H](COc2ccc(N)cc2)O1. The molecule has 4 heteroatoms. The molecule has 2 N–H and O–H groups in total. The number of hydrogen-bond donors (Lipinski definition) is 1. The topological polar surface area (TPSA) is 53.7 Å². The summed E-state index contributed by atoms with van der Waals surface area (Å²) in [4.78, 5) is 0. The summed E-state index contributed by atoms with van der Waals surface area (Å²) in [6.45, 7) is 4.86. The van der Waals surface area contributed by atoms with Gasteiger partial charge in [0.1, 0.15) is 18.5 Å². The zero-order chi connectivity index (χ0) is 11.6. The second-order valence-electron chi connectivity index (χ2n) is 4.33. The Balaban J connectivity index is 1.82. The molecule has 4 nitrogen and oxygen atoms in total. The molecular formula is C12H17NO3. The second-order valence-corrected chi connectivity index (χ2v) is 4.33. The fourth-order valence-electron chi connectivity index (χ4n) is 1.60. The lowest BCUT2D eigenvalue weighted by Gasteiger charge is -2.17. The molecule has 16 heavy (non-hydrogen) atoms. The summed E-state index contributed by atoms with van der Waals surface area (Å²) in [7, 11) is 0. The number of anilines is 1. The molecule has 0 aromatic heterocycles. The lowest BCUT2D eigenvalue weighted by molar-refractivity contribution is -0.141. The molecule has 1 aliphatic heterocycles. The van der Waals surface area contributed by atoms with E-state index in [1.54, 1.807) is 0 Å². The summed E-state index contributed by atoms with van der Waals surface area (Å²) in [6, 6.07) is 7.31. The van der Waals surface area contributed by atoms with Crippen LogP contribution < -0.4 is 10.5 Å². The number of ether oxygens (including phenoxy) is 3. The normalized spacial score (nSPS) is 23.2. The van der Waals surface area contributed by atoms with Gasteiger partial charge in [0.05, 0.1) is 6.61 Å². The number of nitrogens with two attached hydrogens (primary N) is 1. The van der Waals surface area contributed by atoms with Crippen molar-refractivity contribution in [3.8, 4) is 5.75 Å². The minimum absolute atomic E-state index is 0.00690. The summed E-state index contributed by atoms with van der Waals surface area (Å²) < 4.78 is 16.6. The van der Waals surface area contributed by atoms with Gasteiger partial charge in [0, 0.05) is 5.69 Å². The Morgan fingerprint density at radius 2 is 2.06 bits per heavy atom. The molecule has 0 aliphatic carbocycles. The number of hydrogen-bond acceptors (Lipinski definition) is 4. The van der Waals surface area contributed by atoms with E-state index in [0.29, 0.717) is 13.2 Å². The lowest BCUT2D eigenvalue weighted by atomic mass is 10.3. The second kappa shape index (κ2) is 4.31. The van der Waals surface area contributed by atoms with Gasteiger partial charge in [-0.25, -0.2) is 0 Å². The van der Waals surface area contributed by atoms with Crippen molar-refractivity contribution in [1.82, 2.24) is 0 Å². The Hall–Kier alpha value is -1.26. The highest BCUT2D eigenvalue weighted by Gasteiger charge is 2.32. The zero-order valence-electron chi connectivity index (χ0n) is 9.60. The molecular weight excluding hydrogens is 206 g/mol. The van der Waals surface area contributed by atoms with Crippen molar-refractivity contribution in [2.45, 2.75) is 25.7 Å². The highest BCUT2D eigenvalue weighted by Crippen LogP contribution is 2.23. The van der Waals surface area contributed by atoms with Gasteiger partial charge in [-0.3, -0.25) is 0 Å². The van der Waals surface area contributed by atoms with Crippen LogP contribution >= 0.6 is 0 Å². The predicted octanol–water partition coefficient (Wildman–Crippen LogP) is 1.80. The fraction of sp³-hybridized carbons (Fsp3) is 0.500. The third-order valence-electron chi connectivity index (χ3n) is 2.38. The van der Waals surface area contributed by atoms with Gasteiger partial charge in [-0.05, 0) is 38.1 Å². The Morgan fingerprint density at radius 3 is 2.62 bits per heavy atom. The average molecular weight is 223 g/mol. The molecule has 0 radical (unpaired) electrons. The summed E-state index contributed by atoms with van der Waals surface area (Å²) in [5, 5.41) is 0. The van der Waals surface area contributed by atoms with Crippen LogP contribution in [0.1, 0.15) is 13.8 Å². The first kappa shape index (κ1) is 11.2. The highest BCUT2D eigenvalue weighted by atomic mass is 16.7. The van der Waals surface area contributed by atoms with E-state index < -0.39 is 5.79 Å². The molecule has 2 rings (SSSR count). The van der Waals surface area contributed by atoms with E-state index in [0.717, 1.165) is 11.4 Å². The summed E-state index contributed by atoms with van der Waals surface area (Å²) in [6.07, 6.45) is -0.00690. The van der Waals surface area contributed by atoms with Gasteiger partial charge in [-0.15, -0.1) is 0 Å². The first-order valence-corrected chi connectivity index (χ1v) is 5.35. The number of benzene rings is 1. The molecule has 0 spiro atoms. The van der Waals surface area contributed by atoms with Crippen LogP contribution in [-0.4, -0.2) is 25.1 Å². The van der Waals surface area contributed by atoms with Gasteiger partial charge < -0.3 is 19.9 Å². The molecule has 0 bridgehead atoms. The van der Waals surface area contributed by atoms with Crippen molar-refractivity contribution in [3.05, 3.63) is 24.3 Å². The Labute approximate surface area is 95.3 Å². The van der Waals surface area contributed by atoms with Crippen LogP contribution in [0.5, 0.6) is 5.75 Å². The molecule has 1 aliphatic rings. The van der Waals surface area contributed by atoms with Gasteiger partial charge in [0.2, 0.25) is 0 Å². The monoisotopic (exact) mass is 223 g/mol. The van der Waals surface area contributed by atoms with Gasteiger partial charge in [0.25, 0.3) is 0 Å². The van der Waals surface area contributed by atoms with Crippen molar-refractivity contribution < 1.29 is 14.2 Å². The minimum atomic E-state index is -0.491. The molecule has 1 aromatic carbocycles. The average Bonchev–Trinajstić information content (AvgIpc) is 2.58. The fourth-order valence-corrected chi connectivity index (χ4v) is 1.60. The maximum atomic E-state index is 5.62. The van der Waals surface area contributed by atoms with Crippen LogP contribution in [0.15, 0.2) is 24.3 Å². The van der Waals surface area contributed by atoms with Gasteiger partial charge in [-0.1, -0.05) is 0 Å². The van der Waals surface area contributed by atoms with Crippen LogP contribution in [0, 0.1) is 0 Å². The Morgan fingerprint density at radius 1 is 1.38 bits per heavy atom. The van der Waals surface area contributed by atoms with Crippen LogP contribution in [0.25, 0.3) is 0 Å². The summed E-state index contributed by atoms with van der Waals surface area (Å²) >= 11 is 0. The molecule has 88 valence electrons. The molecule has 1 atom stereocenters. The Kier molecular flexibility index (Phi) is 3.03. The highest BCUT2D eigenvalue weighted by molar-refractivity contribution is 5.41. The van der Waals surface area contributed by atoms with E-state index in [1.807, 2.05) is 38.1 Å². The predicted molar refractivity (Wildman–Crippen MR) is 61.3 cm³/mol. The molecule has 1 aromatic rings. The minimum Gasteiger partial charge on any atom is -0.491 e. The first-order chi connectivity index (χ1) is 7.55. The molecule has 0 amide bonds. The van der Waals surface area contributed by atoms with Gasteiger partial charge in [0.15, 0.2) is 5.79 Å². The lowest BCUT2D eigenvalue weighted by Crippen LogP contribution is -2.25. The largest absolute Gasteiger partial charge is 0.491 e. The van der Waals surface area contributed by atoms with Crippen molar-refractivity contribution in [2.75, 3.05) is 18.9 Å². The van der Waals surface area contributed by atoms with Crippen LogP contribution in [0.3, 0.4) is 0 Å². The summed E-state index contributed by atoms with van der Waals surface area (Å²) in [5.41, 5.74) is 6.31. The van der Waals surface area contributed by atoms with Gasteiger partial charge in [-0.2, -0.15) is 0 Å². The quantitative estimate of drug-likeness (QED) is 0.794. The molecule has 0 saturated carbocycles. The van der Waals surface area contributed by atoms with Crippen LogP contribution in [-0.2, 0) is 9.47 Å². The van der Waals surface area contributed by atoms with Crippen LogP contribution in [0.4, 0.5) is 5.69 Å². The van der Waals surface area contributed by atoms with E-state index in [2.05, 4.69) is 0 Å². The standard InChI is InChI=1S/C12H17NO3/c1-12(2)15-8-11(16-12)7-14-10-5-3-9(13)4-6-10/h3-6,11H,7-8,13H2,1-2H3/t11-/m1/s1. The first-order valence-electron chi connectivity index (χ1n) is 5.35. The maximum Gasteiger partial charge on any atom is 0.163 e. The number of rotatable bonds is 3. The molecule has 1 fully saturated rings. The van der Waals surface area contributed by atoms with Crippen LogP contribution in [0.2, 0.25) is 0 Å². The van der Waals surface area contributed by atoms with Crippen molar-refractivity contribution in [1.29, 1.82) is 0 Å². The van der Waals surface area contributed by atoms with E-state index >= 15 is 0 Å². The maximum absolute atomic E-state index is 5.62. The molecule has 1 heterocycles. The zero-order valence-corrected chi connectivity index (χ0v) is 9.60. The van der Waals surface area contributed by atoms with Gasteiger partial charge >= 0.3 is 0 Å². The van der Waals surface area contributed by atoms with E-state index in [9.17, 15) is 0 Å². The smallest absolute Gasteiger partial charge is 0.163 e. The third kappa shape index (κ3) is 2.87. The van der Waals surface area contributed by atoms with Crippen molar-refractivity contribution >= 4 is 5.69 Å². The summed E-state index contributed by atoms with van der Waals surface area (Å²) in [5.74, 6) is 0.303. The van der Waals surface area contributed by atoms with E-state index in [-0.39, 0.29) is 6.10 Å². The van der Waals surface area contributed by atoms with E-state index in [1.165, 1.54) is 0 Å². The van der Waals surface area contributed by atoms with Crippen molar-refractivity contribution in [3.63, 3.8) is 0 Å². The van der Waals surface area contributed by atoms with E-state index in [4.69, 9.17) is 19.9 Å². The molecule has 0 unspecified atom stereocenters. The third-order valence-corrected chi connectivity index (χ3v) is 2.38. The number of nitrogen functional groups attached to an aromatic ring is 1.